The highest BCUT2D eigenvalue weighted by atomic mass is 79.9. The normalized spacial score (nSPS) is 52.1. The average molecular weight is 411 g/mol. The van der Waals surface area contributed by atoms with Crippen molar-refractivity contribution in [1.82, 2.24) is 0 Å². The van der Waals surface area contributed by atoms with E-state index < -0.39 is 0 Å². The highest BCUT2D eigenvalue weighted by Crippen LogP contribution is 2.66. The van der Waals surface area contributed by atoms with Gasteiger partial charge in [0.05, 0.1) is 4.83 Å². The minimum Gasteiger partial charge on any atom is -0.463 e. The summed E-state index contributed by atoms with van der Waals surface area (Å²) in [5, 5.41) is 0. The van der Waals surface area contributed by atoms with Gasteiger partial charge in [-0.15, -0.1) is 0 Å². The van der Waals surface area contributed by atoms with E-state index in [9.17, 15) is 9.59 Å². The number of carbonyl (C=O) groups excluding carboxylic acids is 2. The molecule has 0 heterocycles. The number of hydrogen-bond donors (Lipinski definition) is 0. The Kier molecular flexibility index (Phi) is 4.37. The van der Waals surface area contributed by atoms with Crippen LogP contribution in [-0.2, 0) is 14.3 Å². The number of fused-ring (bicyclic) bond motifs is 5. The number of carbonyl (C=O) groups is 2. The van der Waals surface area contributed by atoms with Crippen LogP contribution in [0.15, 0.2) is 0 Å². The van der Waals surface area contributed by atoms with Gasteiger partial charge in [0.1, 0.15) is 6.10 Å². The van der Waals surface area contributed by atoms with Crippen LogP contribution in [0.5, 0.6) is 0 Å². The number of ketones is 1. The molecule has 4 heteroatoms. The number of ether oxygens (including phenoxy) is 1. The quantitative estimate of drug-likeness (QED) is 0.455. The molecule has 0 saturated heterocycles. The maximum Gasteiger partial charge on any atom is 0.302 e. The predicted molar refractivity (Wildman–Crippen MR) is 100 cm³/mol. The fraction of sp³-hybridized carbons (Fsp3) is 0.905. The molecule has 0 N–H and O–H groups in total. The Morgan fingerprint density at radius 1 is 1.08 bits per heavy atom. The monoisotopic (exact) mass is 410 g/mol. The molecule has 140 valence electrons. The molecule has 0 spiro atoms. The second-order valence-electron chi connectivity index (χ2n) is 9.69. The minimum absolute atomic E-state index is 0.0754. The van der Waals surface area contributed by atoms with Crippen molar-refractivity contribution < 1.29 is 14.3 Å². The van der Waals surface area contributed by atoms with E-state index in [1.165, 1.54) is 32.6 Å². The molecule has 0 bridgehead atoms. The molecule has 0 radical (unpaired) electrons. The van der Waals surface area contributed by atoms with Gasteiger partial charge in [-0.05, 0) is 80.5 Å². The van der Waals surface area contributed by atoms with Crippen molar-refractivity contribution in [3.8, 4) is 0 Å². The number of hydrogen-bond acceptors (Lipinski definition) is 3. The molecule has 1 unspecified atom stereocenters. The lowest BCUT2D eigenvalue weighted by atomic mass is 9.45. The first-order chi connectivity index (χ1) is 11.8. The zero-order chi connectivity index (χ0) is 18.0. The van der Waals surface area contributed by atoms with Gasteiger partial charge >= 0.3 is 5.97 Å². The highest BCUT2D eigenvalue weighted by Gasteiger charge is 2.62. The van der Waals surface area contributed by atoms with Crippen molar-refractivity contribution in [2.24, 2.45) is 34.5 Å². The lowest BCUT2D eigenvalue weighted by molar-refractivity contribution is -0.160. The number of halogens is 1. The molecule has 3 nitrogen and oxygen atoms in total. The summed E-state index contributed by atoms with van der Waals surface area (Å²) < 4.78 is 5.54. The van der Waals surface area contributed by atoms with Gasteiger partial charge in [0.25, 0.3) is 0 Å². The molecule has 4 aliphatic rings. The van der Waals surface area contributed by atoms with E-state index in [1.807, 2.05) is 0 Å². The van der Waals surface area contributed by atoms with E-state index in [0.29, 0.717) is 29.0 Å². The predicted octanol–water partition coefficient (Wildman–Crippen LogP) is 4.90. The van der Waals surface area contributed by atoms with Gasteiger partial charge in [-0.2, -0.15) is 0 Å². The standard InChI is InChI=1S/C21H31BrO3/c1-12(23)25-14-6-8-20(2)13(10-14)4-5-15-16(20)7-9-21(3)17(15)11-18(22)19(21)24/h13-18H,4-11H2,1-3H3/t13-,14-,15+,16-,17-,18?,20-,21-/m0/s1. The van der Waals surface area contributed by atoms with Crippen LogP contribution in [0.25, 0.3) is 0 Å². The van der Waals surface area contributed by atoms with Crippen LogP contribution in [-0.4, -0.2) is 22.7 Å². The molecule has 4 fully saturated rings. The molecule has 0 aromatic rings. The zero-order valence-electron chi connectivity index (χ0n) is 15.7. The summed E-state index contributed by atoms with van der Waals surface area (Å²) in [4.78, 5) is 24.2. The average Bonchev–Trinajstić information content (AvgIpc) is 2.78. The molecular weight excluding hydrogens is 380 g/mol. The lowest BCUT2D eigenvalue weighted by Crippen LogP contribution is -2.54. The molecule has 4 rings (SSSR count). The van der Waals surface area contributed by atoms with E-state index in [4.69, 9.17) is 4.74 Å². The van der Waals surface area contributed by atoms with Crippen molar-refractivity contribution in [3.63, 3.8) is 0 Å². The largest absolute Gasteiger partial charge is 0.463 e. The van der Waals surface area contributed by atoms with E-state index in [2.05, 4.69) is 29.8 Å². The van der Waals surface area contributed by atoms with Gasteiger partial charge in [-0.25, -0.2) is 0 Å². The summed E-state index contributed by atoms with van der Waals surface area (Å²) in [5.74, 6) is 3.01. The summed E-state index contributed by atoms with van der Waals surface area (Å²) in [6.07, 6.45) is 9.15. The van der Waals surface area contributed by atoms with Gasteiger partial charge in [-0.3, -0.25) is 9.59 Å². The number of rotatable bonds is 1. The van der Waals surface area contributed by atoms with Crippen LogP contribution in [0.3, 0.4) is 0 Å². The third-order valence-corrected chi connectivity index (χ3v) is 9.44. The molecule has 4 saturated carbocycles. The maximum atomic E-state index is 12.7. The molecule has 4 aliphatic carbocycles. The van der Waals surface area contributed by atoms with E-state index in [1.54, 1.807) is 0 Å². The smallest absolute Gasteiger partial charge is 0.302 e. The van der Waals surface area contributed by atoms with Gasteiger partial charge in [-0.1, -0.05) is 29.8 Å². The van der Waals surface area contributed by atoms with Crippen molar-refractivity contribution in [3.05, 3.63) is 0 Å². The second kappa shape index (κ2) is 6.07. The molecular formula is C21H31BrO3. The Bertz CT molecular complexity index is 590. The first kappa shape index (κ1) is 18.0. The van der Waals surface area contributed by atoms with Crippen LogP contribution in [0, 0.1) is 34.5 Å². The van der Waals surface area contributed by atoms with Crippen LogP contribution in [0.2, 0.25) is 0 Å². The topological polar surface area (TPSA) is 43.4 Å². The summed E-state index contributed by atoms with van der Waals surface area (Å²) >= 11 is 3.66. The second-order valence-corrected chi connectivity index (χ2v) is 10.8. The SMILES string of the molecule is CC(=O)O[C@H]1CC[C@@]2(C)[C@@H](CC[C@@H]3[C@@H]2CC[C@]2(C)C(=O)C(Br)C[C@@H]32)C1. The molecule has 0 aromatic carbocycles. The van der Waals surface area contributed by atoms with Gasteiger partial charge < -0.3 is 4.74 Å². The summed E-state index contributed by atoms with van der Waals surface area (Å²) in [6.45, 7) is 6.27. The van der Waals surface area contributed by atoms with Crippen molar-refractivity contribution >= 4 is 27.7 Å². The zero-order valence-corrected chi connectivity index (χ0v) is 17.3. The van der Waals surface area contributed by atoms with Crippen LogP contribution >= 0.6 is 15.9 Å². The molecule has 0 aliphatic heterocycles. The number of esters is 1. The molecule has 25 heavy (non-hydrogen) atoms. The van der Waals surface area contributed by atoms with Crippen molar-refractivity contribution in [2.75, 3.05) is 0 Å². The summed E-state index contributed by atoms with van der Waals surface area (Å²) in [7, 11) is 0. The van der Waals surface area contributed by atoms with Crippen LogP contribution < -0.4 is 0 Å². The fourth-order valence-corrected chi connectivity index (χ4v) is 8.23. The number of alkyl halides is 1. The Balaban J connectivity index is 1.55. The third kappa shape index (κ3) is 2.64. The molecule has 8 atom stereocenters. The maximum absolute atomic E-state index is 12.7. The van der Waals surface area contributed by atoms with Crippen LogP contribution in [0.1, 0.15) is 72.1 Å². The molecule has 0 amide bonds. The highest BCUT2D eigenvalue weighted by molar-refractivity contribution is 9.10. The Hall–Kier alpha value is -0.380. The summed E-state index contributed by atoms with van der Waals surface area (Å²) in [5.41, 5.74) is 0.280. The van der Waals surface area contributed by atoms with Gasteiger partial charge in [0, 0.05) is 12.3 Å². The molecule has 0 aromatic heterocycles. The first-order valence-corrected chi connectivity index (χ1v) is 11.0. The summed E-state index contributed by atoms with van der Waals surface area (Å²) in [6, 6.07) is 0. The first-order valence-electron chi connectivity index (χ1n) is 10.1. The van der Waals surface area contributed by atoms with E-state index in [0.717, 1.165) is 31.6 Å². The van der Waals surface area contributed by atoms with E-state index in [-0.39, 0.29) is 22.3 Å². The Morgan fingerprint density at radius 2 is 1.84 bits per heavy atom. The van der Waals surface area contributed by atoms with Crippen LogP contribution in [0.4, 0.5) is 0 Å². The third-order valence-electron chi connectivity index (χ3n) is 8.65. The lowest BCUT2D eigenvalue weighted by Gasteiger charge is -2.60. The van der Waals surface area contributed by atoms with E-state index >= 15 is 0 Å². The number of Topliss-reactive ketones (excluding diaryl/α,β-unsaturated/α-hetero) is 1. The Morgan fingerprint density at radius 3 is 2.56 bits per heavy atom. The Labute approximate surface area is 159 Å². The fourth-order valence-electron chi connectivity index (χ4n) is 7.31. The minimum atomic E-state index is -0.136. The van der Waals surface area contributed by atoms with Gasteiger partial charge in [0.2, 0.25) is 0 Å². The van der Waals surface area contributed by atoms with Crippen molar-refractivity contribution in [2.45, 2.75) is 83.1 Å². The van der Waals surface area contributed by atoms with Gasteiger partial charge in [0.15, 0.2) is 5.78 Å². The van der Waals surface area contributed by atoms with Crippen molar-refractivity contribution in [1.29, 1.82) is 0 Å².